The molecule has 0 aliphatic rings. The van der Waals surface area contributed by atoms with E-state index in [4.69, 9.17) is 4.74 Å². The van der Waals surface area contributed by atoms with Crippen molar-refractivity contribution in [3.63, 3.8) is 0 Å². The second kappa shape index (κ2) is 8.07. The van der Waals surface area contributed by atoms with Crippen LogP contribution in [0.2, 0.25) is 0 Å². The van der Waals surface area contributed by atoms with E-state index in [0.29, 0.717) is 17.1 Å². The molecule has 0 atom stereocenters. The van der Waals surface area contributed by atoms with E-state index in [1.54, 1.807) is 25.6 Å². The van der Waals surface area contributed by atoms with Crippen molar-refractivity contribution in [1.82, 2.24) is 14.1 Å². The summed E-state index contributed by atoms with van der Waals surface area (Å²) in [5, 5.41) is 6.72. The standard InChI is InChI=1S/C17H21FN4O5S/c1-10-16(11(2)22(5)20-10)19-15(23)9-27-17(24)13-8-12(6-7-14(13)18)28(25,26)21(3)4/h6-8H,9H2,1-5H3,(H,19,23). The Kier molecular flexibility index (Phi) is 6.20. The molecule has 1 heterocycles. The lowest BCUT2D eigenvalue weighted by Gasteiger charge is -2.12. The van der Waals surface area contributed by atoms with Gasteiger partial charge in [0.15, 0.2) is 6.61 Å². The molecule has 0 saturated carbocycles. The average molecular weight is 412 g/mol. The van der Waals surface area contributed by atoms with Gasteiger partial charge < -0.3 is 10.1 Å². The van der Waals surface area contributed by atoms with Gasteiger partial charge in [-0.2, -0.15) is 5.10 Å². The lowest BCUT2D eigenvalue weighted by Crippen LogP contribution is -2.24. The van der Waals surface area contributed by atoms with Crippen molar-refractivity contribution < 1.29 is 27.1 Å². The molecule has 2 aromatic rings. The molecule has 0 spiro atoms. The van der Waals surface area contributed by atoms with E-state index in [-0.39, 0.29) is 4.90 Å². The summed E-state index contributed by atoms with van der Waals surface area (Å²) in [6.45, 7) is 2.80. The predicted octanol–water partition coefficient (Wildman–Crippen LogP) is 1.22. The van der Waals surface area contributed by atoms with Crippen molar-refractivity contribution in [3.8, 4) is 0 Å². The molecule has 28 heavy (non-hydrogen) atoms. The molecule has 0 aliphatic carbocycles. The van der Waals surface area contributed by atoms with Gasteiger partial charge in [-0.1, -0.05) is 0 Å². The lowest BCUT2D eigenvalue weighted by atomic mass is 10.2. The quantitative estimate of drug-likeness (QED) is 0.715. The third-order valence-electron chi connectivity index (χ3n) is 4.04. The first kappa shape index (κ1) is 21.5. The molecule has 0 fully saturated rings. The monoisotopic (exact) mass is 412 g/mol. The average Bonchev–Trinajstić information content (AvgIpc) is 2.85. The van der Waals surface area contributed by atoms with Crippen molar-refractivity contribution in [2.24, 2.45) is 7.05 Å². The first-order valence-corrected chi connectivity index (χ1v) is 9.58. The summed E-state index contributed by atoms with van der Waals surface area (Å²) in [6.07, 6.45) is 0. The molecule has 1 amide bonds. The van der Waals surface area contributed by atoms with Crippen molar-refractivity contribution >= 4 is 27.6 Å². The maximum absolute atomic E-state index is 14.0. The number of amides is 1. The number of nitrogens with one attached hydrogen (secondary N) is 1. The van der Waals surface area contributed by atoms with Crippen LogP contribution in [0.3, 0.4) is 0 Å². The van der Waals surface area contributed by atoms with Gasteiger partial charge in [-0.25, -0.2) is 21.9 Å². The van der Waals surface area contributed by atoms with Gasteiger partial charge in [-0.15, -0.1) is 0 Å². The Morgan fingerprint density at radius 1 is 1.29 bits per heavy atom. The van der Waals surface area contributed by atoms with Crippen molar-refractivity contribution in [3.05, 3.63) is 41.0 Å². The van der Waals surface area contributed by atoms with Crippen LogP contribution >= 0.6 is 0 Å². The van der Waals surface area contributed by atoms with Gasteiger partial charge in [0.05, 0.1) is 27.5 Å². The number of aromatic nitrogens is 2. The van der Waals surface area contributed by atoms with Gasteiger partial charge in [-0.3, -0.25) is 9.48 Å². The largest absolute Gasteiger partial charge is 0.452 e. The fourth-order valence-corrected chi connectivity index (χ4v) is 3.30. The minimum Gasteiger partial charge on any atom is -0.452 e. The molecule has 0 radical (unpaired) electrons. The zero-order valence-electron chi connectivity index (χ0n) is 16.1. The highest BCUT2D eigenvalue weighted by molar-refractivity contribution is 7.89. The highest BCUT2D eigenvalue weighted by atomic mass is 32.2. The summed E-state index contributed by atoms with van der Waals surface area (Å²) in [6, 6.07) is 2.78. The summed E-state index contributed by atoms with van der Waals surface area (Å²) in [5.41, 5.74) is 1.22. The van der Waals surface area contributed by atoms with Crippen molar-refractivity contribution in [1.29, 1.82) is 0 Å². The van der Waals surface area contributed by atoms with Gasteiger partial charge in [-0.05, 0) is 32.0 Å². The fraction of sp³-hybridized carbons (Fsp3) is 0.353. The van der Waals surface area contributed by atoms with Crippen LogP contribution in [0.1, 0.15) is 21.7 Å². The maximum atomic E-state index is 14.0. The second-order valence-electron chi connectivity index (χ2n) is 6.22. The first-order valence-electron chi connectivity index (χ1n) is 8.14. The zero-order valence-corrected chi connectivity index (χ0v) is 16.9. The van der Waals surface area contributed by atoms with Crippen LogP contribution in [0.4, 0.5) is 10.1 Å². The highest BCUT2D eigenvalue weighted by Gasteiger charge is 2.23. The number of anilines is 1. The van der Waals surface area contributed by atoms with Gasteiger partial charge >= 0.3 is 5.97 Å². The summed E-state index contributed by atoms with van der Waals surface area (Å²) in [4.78, 5) is 23.9. The maximum Gasteiger partial charge on any atom is 0.341 e. The van der Waals surface area contributed by atoms with E-state index in [1.807, 2.05) is 0 Å². The minimum absolute atomic E-state index is 0.267. The number of halogens is 1. The normalized spacial score (nSPS) is 11.5. The third-order valence-corrected chi connectivity index (χ3v) is 5.86. The van der Waals surface area contributed by atoms with Crippen LogP contribution in [0.15, 0.2) is 23.1 Å². The van der Waals surface area contributed by atoms with Crippen molar-refractivity contribution in [2.75, 3.05) is 26.0 Å². The second-order valence-corrected chi connectivity index (χ2v) is 8.37. The smallest absolute Gasteiger partial charge is 0.341 e. The number of carbonyl (C=O) groups is 2. The van der Waals surface area contributed by atoms with Crippen LogP contribution in [0.25, 0.3) is 0 Å². The number of aryl methyl sites for hydroxylation is 2. The molecule has 11 heteroatoms. The first-order chi connectivity index (χ1) is 12.9. The van der Waals surface area contributed by atoms with E-state index in [1.165, 1.54) is 14.1 Å². The Balaban J connectivity index is 2.12. The van der Waals surface area contributed by atoms with E-state index in [2.05, 4.69) is 10.4 Å². The molecule has 0 bridgehead atoms. The number of sulfonamides is 1. The number of esters is 1. The van der Waals surface area contributed by atoms with Crippen LogP contribution < -0.4 is 5.32 Å². The summed E-state index contributed by atoms with van der Waals surface area (Å²) >= 11 is 0. The number of hydrogen-bond acceptors (Lipinski definition) is 6. The van der Waals surface area contributed by atoms with E-state index in [9.17, 15) is 22.4 Å². The molecule has 1 aromatic heterocycles. The number of ether oxygens (including phenoxy) is 1. The third kappa shape index (κ3) is 4.37. The zero-order chi connectivity index (χ0) is 21.2. The number of carbonyl (C=O) groups excluding carboxylic acids is 2. The van der Waals surface area contributed by atoms with Crippen molar-refractivity contribution in [2.45, 2.75) is 18.7 Å². The number of benzene rings is 1. The molecule has 1 aromatic carbocycles. The van der Waals surface area contributed by atoms with Gasteiger partial charge in [0.25, 0.3) is 5.91 Å². The Morgan fingerprint density at radius 3 is 2.46 bits per heavy atom. The van der Waals surface area contributed by atoms with Gasteiger partial charge in [0.2, 0.25) is 10.0 Å². The molecule has 2 rings (SSSR count). The Labute approximate surface area is 162 Å². The molecule has 0 saturated heterocycles. The van der Waals surface area contributed by atoms with Gasteiger partial charge in [0, 0.05) is 21.1 Å². The SMILES string of the molecule is Cc1nn(C)c(C)c1NC(=O)COC(=O)c1cc(S(=O)(=O)N(C)C)ccc1F. The molecular formula is C17H21FN4O5S. The number of rotatable bonds is 6. The number of hydrogen-bond donors (Lipinski definition) is 1. The van der Waals surface area contributed by atoms with E-state index in [0.717, 1.165) is 22.5 Å². The molecule has 1 N–H and O–H groups in total. The highest BCUT2D eigenvalue weighted by Crippen LogP contribution is 2.20. The Hall–Kier alpha value is -2.79. The van der Waals surface area contributed by atoms with Crippen LogP contribution in [-0.4, -0.2) is 55.1 Å². The summed E-state index contributed by atoms with van der Waals surface area (Å²) < 4.78 is 45.6. The van der Waals surface area contributed by atoms with E-state index >= 15 is 0 Å². The molecule has 152 valence electrons. The van der Waals surface area contributed by atoms with Gasteiger partial charge in [0.1, 0.15) is 5.82 Å². The minimum atomic E-state index is -3.86. The van der Waals surface area contributed by atoms with Crippen LogP contribution in [-0.2, 0) is 26.6 Å². The summed E-state index contributed by atoms with van der Waals surface area (Å²) in [5.74, 6) is -2.74. The lowest BCUT2D eigenvalue weighted by molar-refractivity contribution is -0.119. The molecule has 0 unspecified atom stereocenters. The van der Waals surface area contributed by atoms with E-state index < -0.39 is 39.9 Å². The van der Waals surface area contributed by atoms with Crippen LogP contribution in [0.5, 0.6) is 0 Å². The van der Waals surface area contributed by atoms with Crippen LogP contribution in [0, 0.1) is 19.7 Å². The number of nitrogens with zero attached hydrogens (tertiary/aromatic N) is 3. The molecular weight excluding hydrogens is 391 g/mol. The molecule has 9 nitrogen and oxygen atoms in total. The molecule has 0 aliphatic heterocycles. The predicted molar refractivity (Wildman–Crippen MR) is 98.9 cm³/mol. The summed E-state index contributed by atoms with van der Waals surface area (Å²) in [7, 11) is 0.477. The topological polar surface area (TPSA) is 111 Å². The fourth-order valence-electron chi connectivity index (χ4n) is 2.37. The Bertz CT molecular complexity index is 1030. The Morgan fingerprint density at radius 2 is 1.93 bits per heavy atom.